The molecule has 2 rings (SSSR count). The number of amides is 1. The van der Waals surface area contributed by atoms with E-state index in [9.17, 15) is 13.2 Å². The molecule has 0 aliphatic carbocycles. The van der Waals surface area contributed by atoms with Crippen LogP contribution in [0.3, 0.4) is 0 Å². The average molecular weight is 437 g/mol. The maximum Gasteiger partial charge on any atom is 0.232 e. The lowest BCUT2D eigenvalue weighted by molar-refractivity contribution is -0.121. The number of sulfonamides is 1. The lowest BCUT2D eigenvalue weighted by Crippen LogP contribution is -2.32. The molecule has 1 unspecified atom stereocenters. The highest BCUT2D eigenvalue weighted by molar-refractivity contribution is 7.92. The van der Waals surface area contributed by atoms with Crippen LogP contribution in [0.5, 0.6) is 0 Å². The number of nitrogens with zero attached hydrogens (tertiary/aromatic N) is 1. The van der Waals surface area contributed by atoms with Crippen molar-refractivity contribution in [2.75, 3.05) is 17.1 Å². The lowest BCUT2D eigenvalue weighted by Gasteiger charge is -2.23. The summed E-state index contributed by atoms with van der Waals surface area (Å²) in [5.74, 6) is -0.0975. The quantitative estimate of drug-likeness (QED) is 0.652. The van der Waals surface area contributed by atoms with Crippen LogP contribution in [0.25, 0.3) is 0 Å². The molecule has 1 atom stereocenters. The van der Waals surface area contributed by atoms with Gasteiger partial charge in [-0.3, -0.25) is 9.10 Å². The Balaban J connectivity index is 1.97. The number of anilines is 1. The molecule has 0 aromatic heterocycles. The number of nitrogens with one attached hydrogen (secondary N) is 1. The van der Waals surface area contributed by atoms with E-state index in [0.29, 0.717) is 17.1 Å². The Morgan fingerprint density at radius 1 is 1.07 bits per heavy atom. The van der Waals surface area contributed by atoms with Crippen molar-refractivity contribution < 1.29 is 13.2 Å². The highest BCUT2D eigenvalue weighted by Gasteiger charge is 2.18. The summed E-state index contributed by atoms with van der Waals surface area (Å²) in [4.78, 5) is 12.4. The predicted octanol–water partition coefficient (Wildman–Crippen LogP) is 4.69. The van der Waals surface area contributed by atoms with E-state index in [0.717, 1.165) is 17.4 Å². The van der Waals surface area contributed by atoms with Gasteiger partial charge in [-0.25, -0.2) is 8.42 Å². The van der Waals surface area contributed by atoms with Crippen molar-refractivity contribution in [3.63, 3.8) is 0 Å². The van der Waals surface area contributed by atoms with E-state index in [4.69, 9.17) is 11.6 Å². The van der Waals surface area contributed by atoms with Crippen LogP contribution in [-0.4, -0.2) is 27.1 Å². The number of aryl methyl sites for hydroxylation is 3. The van der Waals surface area contributed by atoms with E-state index < -0.39 is 10.0 Å². The molecule has 1 amide bonds. The van der Waals surface area contributed by atoms with Gasteiger partial charge in [0.25, 0.3) is 0 Å². The van der Waals surface area contributed by atoms with Crippen molar-refractivity contribution in [1.82, 2.24) is 5.32 Å². The number of rotatable bonds is 8. The lowest BCUT2D eigenvalue weighted by atomic mass is 9.96. The molecule has 158 valence electrons. The van der Waals surface area contributed by atoms with Gasteiger partial charge in [-0.15, -0.1) is 0 Å². The summed E-state index contributed by atoms with van der Waals surface area (Å²) >= 11 is 5.88. The molecule has 0 fully saturated rings. The van der Waals surface area contributed by atoms with E-state index in [1.807, 2.05) is 13.8 Å². The Kier molecular flexibility index (Phi) is 7.72. The summed E-state index contributed by atoms with van der Waals surface area (Å²) in [6.07, 6.45) is 1.82. The fourth-order valence-electron chi connectivity index (χ4n) is 3.32. The van der Waals surface area contributed by atoms with Crippen molar-refractivity contribution in [2.45, 2.75) is 46.6 Å². The molecular weight excluding hydrogens is 408 g/mol. The van der Waals surface area contributed by atoms with Gasteiger partial charge < -0.3 is 5.32 Å². The molecular formula is C22H29ClN2O3S. The number of carbonyl (C=O) groups is 1. The minimum absolute atomic E-state index is 0.0975. The van der Waals surface area contributed by atoms with Crippen molar-refractivity contribution >= 4 is 33.2 Å². The first-order valence-corrected chi connectivity index (χ1v) is 11.8. The monoisotopic (exact) mass is 436 g/mol. The van der Waals surface area contributed by atoms with Gasteiger partial charge in [0.1, 0.15) is 0 Å². The third-order valence-electron chi connectivity index (χ3n) is 5.01. The zero-order valence-corrected chi connectivity index (χ0v) is 19.2. The largest absolute Gasteiger partial charge is 0.350 e. The van der Waals surface area contributed by atoms with Crippen LogP contribution in [0.4, 0.5) is 5.69 Å². The van der Waals surface area contributed by atoms with Gasteiger partial charge >= 0.3 is 0 Å². The maximum atomic E-state index is 12.4. The van der Waals surface area contributed by atoms with Gasteiger partial charge in [-0.2, -0.15) is 0 Å². The second-order valence-electron chi connectivity index (χ2n) is 7.50. The molecule has 0 aliphatic rings. The van der Waals surface area contributed by atoms with E-state index >= 15 is 0 Å². The first kappa shape index (κ1) is 23.2. The molecule has 0 saturated carbocycles. The molecule has 0 heterocycles. The molecule has 7 heteroatoms. The molecule has 1 N–H and O–H groups in total. The van der Waals surface area contributed by atoms with Crippen LogP contribution in [0.15, 0.2) is 36.4 Å². The fraction of sp³-hybridized carbons (Fsp3) is 0.409. The zero-order chi connectivity index (χ0) is 21.8. The van der Waals surface area contributed by atoms with Crippen LogP contribution < -0.4 is 9.62 Å². The van der Waals surface area contributed by atoms with Gasteiger partial charge in [-0.05, 0) is 80.6 Å². The Hall–Kier alpha value is -2.05. The highest BCUT2D eigenvalue weighted by atomic mass is 35.5. The van der Waals surface area contributed by atoms with Crippen molar-refractivity contribution in [2.24, 2.45) is 0 Å². The van der Waals surface area contributed by atoms with Gasteiger partial charge in [0, 0.05) is 18.0 Å². The summed E-state index contributed by atoms with van der Waals surface area (Å²) in [5.41, 5.74) is 5.20. The fourth-order valence-corrected chi connectivity index (χ4v) is 4.41. The number of halogens is 1. The number of hydrogen-bond acceptors (Lipinski definition) is 3. The normalized spacial score (nSPS) is 12.5. The minimum Gasteiger partial charge on any atom is -0.350 e. The van der Waals surface area contributed by atoms with Crippen LogP contribution in [0, 0.1) is 20.8 Å². The van der Waals surface area contributed by atoms with Crippen LogP contribution in [0.2, 0.25) is 5.02 Å². The number of carbonyl (C=O) groups excluding carboxylic acids is 1. The third-order valence-corrected chi connectivity index (χ3v) is 6.45. The highest BCUT2D eigenvalue weighted by Crippen LogP contribution is 2.23. The van der Waals surface area contributed by atoms with Crippen LogP contribution in [-0.2, 0) is 14.8 Å². The molecule has 0 spiro atoms. The molecule has 5 nitrogen and oxygen atoms in total. The molecule has 0 saturated heterocycles. The van der Waals surface area contributed by atoms with Crippen LogP contribution in [0.1, 0.15) is 48.1 Å². The Labute approximate surface area is 179 Å². The minimum atomic E-state index is -3.45. The summed E-state index contributed by atoms with van der Waals surface area (Å²) in [6, 6.07) is 10.8. The SMILES string of the molecule is Cc1cc(C)c(C(C)NC(=O)CCCN(c2ccc(Cl)cc2)S(C)(=O)=O)cc1C. The van der Waals surface area contributed by atoms with Crippen molar-refractivity contribution in [1.29, 1.82) is 0 Å². The predicted molar refractivity (Wildman–Crippen MR) is 120 cm³/mol. The molecule has 29 heavy (non-hydrogen) atoms. The molecule has 0 aliphatic heterocycles. The zero-order valence-electron chi connectivity index (χ0n) is 17.6. The Morgan fingerprint density at radius 3 is 2.24 bits per heavy atom. The summed E-state index contributed by atoms with van der Waals surface area (Å²) in [5, 5.41) is 3.56. The molecule has 0 bridgehead atoms. The van der Waals surface area contributed by atoms with Crippen molar-refractivity contribution in [3.05, 3.63) is 63.7 Å². The van der Waals surface area contributed by atoms with E-state index in [2.05, 4.69) is 31.3 Å². The molecule has 2 aromatic carbocycles. The first-order valence-electron chi connectivity index (χ1n) is 9.59. The first-order chi connectivity index (χ1) is 13.5. The Morgan fingerprint density at radius 2 is 1.66 bits per heavy atom. The van der Waals surface area contributed by atoms with E-state index in [1.54, 1.807) is 24.3 Å². The van der Waals surface area contributed by atoms with Gasteiger partial charge in [0.05, 0.1) is 18.0 Å². The Bertz CT molecular complexity index is 972. The van der Waals surface area contributed by atoms with E-state index in [1.165, 1.54) is 15.4 Å². The standard InChI is InChI=1S/C22H29ClN2O3S/c1-15-13-17(3)21(14-16(15)2)18(4)24-22(26)7-6-12-25(29(5,27)28)20-10-8-19(23)9-11-20/h8-11,13-14,18H,6-7,12H2,1-5H3,(H,24,26). The third kappa shape index (κ3) is 6.47. The smallest absolute Gasteiger partial charge is 0.232 e. The second-order valence-corrected chi connectivity index (χ2v) is 9.84. The van der Waals surface area contributed by atoms with Crippen LogP contribution >= 0.6 is 11.6 Å². The number of benzene rings is 2. The van der Waals surface area contributed by atoms with Crippen molar-refractivity contribution in [3.8, 4) is 0 Å². The van der Waals surface area contributed by atoms with Gasteiger partial charge in [0.15, 0.2) is 0 Å². The number of hydrogen-bond donors (Lipinski definition) is 1. The molecule has 0 radical (unpaired) electrons. The van der Waals surface area contributed by atoms with Gasteiger partial charge in [-0.1, -0.05) is 23.7 Å². The summed E-state index contributed by atoms with van der Waals surface area (Å²) < 4.78 is 25.6. The summed E-state index contributed by atoms with van der Waals surface area (Å²) in [6.45, 7) is 8.36. The topological polar surface area (TPSA) is 66.5 Å². The summed E-state index contributed by atoms with van der Waals surface area (Å²) in [7, 11) is -3.45. The maximum absolute atomic E-state index is 12.4. The van der Waals surface area contributed by atoms with Gasteiger partial charge in [0.2, 0.25) is 15.9 Å². The average Bonchev–Trinajstić information content (AvgIpc) is 2.61. The second kappa shape index (κ2) is 9.63. The molecule has 2 aromatic rings. The van der Waals surface area contributed by atoms with E-state index in [-0.39, 0.29) is 24.9 Å².